The number of fused-ring (bicyclic) bond motifs is 1. The fourth-order valence-corrected chi connectivity index (χ4v) is 1.95. The summed E-state index contributed by atoms with van der Waals surface area (Å²) in [4.78, 5) is 8.82. The summed E-state index contributed by atoms with van der Waals surface area (Å²) in [6.45, 7) is 4.41. The van der Waals surface area contributed by atoms with Crippen LogP contribution in [0.5, 0.6) is 11.5 Å². The molecule has 1 aromatic heterocycles. The number of anilines is 1. The minimum atomic E-state index is 0.258. The first-order chi connectivity index (χ1) is 9.13. The van der Waals surface area contributed by atoms with Crippen molar-refractivity contribution in [3.63, 3.8) is 0 Å². The third kappa shape index (κ3) is 2.19. The maximum absolute atomic E-state index is 5.84. The fraction of sp³-hybridized carbons (Fsp3) is 0.286. The Hall–Kier alpha value is -2.30. The van der Waals surface area contributed by atoms with Crippen LogP contribution in [-0.4, -0.2) is 16.8 Å². The SMILES string of the molecule is CC(C)c1cc(N)nc(-c2ccc3c(c2)OCO3)n1. The molecule has 2 heterocycles. The molecule has 0 amide bonds. The molecule has 0 spiro atoms. The molecule has 0 radical (unpaired) electrons. The molecule has 0 atom stereocenters. The third-order valence-corrected chi connectivity index (χ3v) is 2.99. The van der Waals surface area contributed by atoms with Gasteiger partial charge in [-0.15, -0.1) is 0 Å². The molecule has 0 bridgehead atoms. The van der Waals surface area contributed by atoms with Crippen LogP contribution in [0.1, 0.15) is 25.5 Å². The van der Waals surface area contributed by atoms with Crippen molar-refractivity contribution in [1.82, 2.24) is 9.97 Å². The highest BCUT2D eigenvalue weighted by Crippen LogP contribution is 2.35. The standard InChI is InChI=1S/C14H15N3O2/c1-8(2)10-6-13(15)17-14(16-10)9-3-4-11-12(5-9)19-7-18-11/h3-6,8H,7H2,1-2H3,(H2,15,16,17). The quantitative estimate of drug-likeness (QED) is 0.895. The number of benzene rings is 1. The Morgan fingerprint density at radius 2 is 1.89 bits per heavy atom. The van der Waals surface area contributed by atoms with E-state index in [1.54, 1.807) is 6.07 Å². The predicted molar refractivity (Wildman–Crippen MR) is 72.1 cm³/mol. The van der Waals surface area contributed by atoms with Crippen molar-refractivity contribution in [2.24, 2.45) is 0 Å². The maximum Gasteiger partial charge on any atom is 0.231 e. The topological polar surface area (TPSA) is 70.3 Å². The molecule has 5 heteroatoms. The summed E-state index contributed by atoms with van der Waals surface area (Å²) in [5.41, 5.74) is 7.64. The van der Waals surface area contributed by atoms with E-state index in [1.807, 2.05) is 18.2 Å². The molecule has 98 valence electrons. The first-order valence-corrected chi connectivity index (χ1v) is 6.18. The first kappa shape index (κ1) is 11.8. The van der Waals surface area contributed by atoms with Crippen LogP contribution in [0, 0.1) is 0 Å². The number of hydrogen-bond donors (Lipinski definition) is 1. The van der Waals surface area contributed by atoms with Gasteiger partial charge in [-0.1, -0.05) is 13.8 Å². The second-order valence-electron chi connectivity index (χ2n) is 4.76. The second-order valence-corrected chi connectivity index (χ2v) is 4.76. The van der Waals surface area contributed by atoms with Gasteiger partial charge in [-0.3, -0.25) is 0 Å². The Kier molecular flexibility index (Phi) is 2.74. The molecule has 0 unspecified atom stereocenters. The van der Waals surface area contributed by atoms with Crippen LogP contribution in [0.3, 0.4) is 0 Å². The predicted octanol–water partition coefficient (Wildman–Crippen LogP) is 2.58. The molecule has 0 saturated heterocycles. The smallest absolute Gasteiger partial charge is 0.231 e. The van der Waals surface area contributed by atoms with Crippen molar-refractivity contribution in [3.8, 4) is 22.9 Å². The Morgan fingerprint density at radius 3 is 2.68 bits per heavy atom. The zero-order valence-corrected chi connectivity index (χ0v) is 10.9. The van der Waals surface area contributed by atoms with Crippen LogP contribution >= 0.6 is 0 Å². The normalized spacial score (nSPS) is 13.0. The van der Waals surface area contributed by atoms with E-state index in [-0.39, 0.29) is 6.79 Å². The van der Waals surface area contributed by atoms with Gasteiger partial charge in [0, 0.05) is 17.3 Å². The lowest BCUT2D eigenvalue weighted by Crippen LogP contribution is -2.01. The number of hydrogen-bond acceptors (Lipinski definition) is 5. The van der Waals surface area contributed by atoms with Crippen LogP contribution in [0.15, 0.2) is 24.3 Å². The summed E-state index contributed by atoms with van der Waals surface area (Å²) in [5, 5.41) is 0. The van der Waals surface area contributed by atoms with Gasteiger partial charge in [0.15, 0.2) is 17.3 Å². The molecule has 1 aliphatic heterocycles. The van der Waals surface area contributed by atoms with Gasteiger partial charge in [0.05, 0.1) is 0 Å². The Balaban J connectivity index is 2.06. The van der Waals surface area contributed by atoms with Gasteiger partial charge < -0.3 is 15.2 Å². The zero-order chi connectivity index (χ0) is 13.4. The fourth-order valence-electron chi connectivity index (χ4n) is 1.95. The van der Waals surface area contributed by atoms with E-state index in [0.29, 0.717) is 17.6 Å². The number of nitrogen functional groups attached to an aromatic ring is 1. The van der Waals surface area contributed by atoms with Gasteiger partial charge in [-0.2, -0.15) is 0 Å². The minimum Gasteiger partial charge on any atom is -0.454 e. The van der Waals surface area contributed by atoms with Crippen molar-refractivity contribution in [2.45, 2.75) is 19.8 Å². The summed E-state index contributed by atoms with van der Waals surface area (Å²) in [7, 11) is 0. The second kappa shape index (κ2) is 4.42. The monoisotopic (exact) mass is 257 g/mol. The molecule has 2 aromatic rings. The maximum atomic E-state index is 5.84. The minimum absolute atomic E-state index is 0.258. The van der Waals surface area contributed by atoms with Crippen molar-refractivity contribution in [3.05, 3.63) is 30.0 Å². The van der Waals surface area contributed by atoms with Gasteiger partial charge in [-0.25, -0.2) is 9.97 Å². The Labute approximate surface area is 111 Å². The van der Waals surface area contributed by atoms with E-state index in [4.69, 9.17) is 15.2 Å². The number of ether oxygens (including phenoxy) is 2. The molecular formula is C14H15N3O2. The highest BCUT2D eigenvalue weighted by molar-refractivity contribution is 5.62. The molecule has 0 aliphatic carbocycles. The van der Waals surface area contributed by atoms with E-state index in [1.165, 1.54) is 0 Å². The Morgan fingerprint density at radius 1 is 1.11 bits per heavy atom. The van der Waals surface area contributed by atoms with Crippen molar-refractivity contribution in [2.75, 3.05) is 12.5 Å². The largest absolute Gasteiger partial charge is 0.454 e. The van der Waals surface area contributed by atoms with E-state index in [2.05, 4.69) is 23.8 Å². The van der Waals surface area contributed by atoms with Gasteiger partial charge in [0.2, 0.25) is 6.79 Å². The summed E-state index contributed by atoms with van der Waals surface area (Å²) < 4.78 is 10.6. The third-order valence-electron chi connectivity index (χ3n) is 2.99. The average Bonchev–Trinajstić information content (AvgIpc) is 2.85. The van der Waals surface area contributed by atoms with Crippen molar-refractivity contribution in [1.29, 1.82) is 0 Å². The Bertz CT molecular complexity index is 626. The highest BCUT2D eigenvalue weighted by Gasteiger charge is 2.15. The number of nitrogens with two attached hydrogens (primary N) is 1. The molecule has 3 rings (SSSR count). The van der Waals surface area contributed by atoms with Gasteiger partial charge in [0.1, 0.15) is 5.82 Å². The average molecular weight is 257 g/mol. The van der Waals surface area contributed by atoms with Gasteiger partial charge >= 0.3 is 0 Å². The molecule has 19 heavy (non-hydrogen) atoms. The molecule has 1 aromatic carbocycles. The molecule has 0 fully saturated rings. The lowest BCUT2D eigenvalue weighted by atomic mass is 10.1. The van der Waals surface area contributed by atoms with Gasteiger partial charge in [-0.05, 0) is 24.1 Å². The molecule has 0 saturated carbocycles. The first-order valence-electron chi connectivity index (χ1n) is 6.18. The van der Waals surface area contributed by atoms with Crippen LogP contribution in [0.25, 0.3) is 11.4 Å². The van der Waals surface area contributed by atoms with Crippen LogP contribution in [0.4, 0.5) is 5.82 Å². The van der Waals surface area contributed by atoms with Crippen molar-refractivity contribution >= 4 is 5.82 Å². The van der Waals surface area contributed by atoms with E-state index < -0.39 is 0 Å². The van der Waals surface area contributed by atoms with Crippen molar-refractivity contribution < 1.29 is 9.47 Å². The van der Waals surface area contributed by atoms with E-state index >= 15 is 0 Å². The molecule has 1 aliphatic rings. The van der Waals surface area contributed by atoms with Crippen LogP contribution < -0.4 is 15.2 Å². The lowest BCUT2D eigenvalue weighted by Gasteiger charge is -2.08. The summed E-state index contributed by atoms with van der Waals surface area (Å²) in [5.74, 6) is 2.86. The van der Waals surface area contributed by atoms with Gasteiger partial charge in [0.25, 0.3) is 0 Å². The molecule has 2 N–H and O–H groups in total. The van der Waals surface area contributed by atoms with E-state index in [9.17, 15) is 0 Å². The lowest BCUT2D eigenvalue weighted by molar-refractivity contribution is 0.174. The van der Waals surface area contributed by atoms with Crippen LogP contribution in [0.2, 0.25) is 0 Å². The number of rotatable bonds is 2. The highest BCUT2D eigenvalue weighted by atomic mass is 16.7. The van der Waals surface area contributed by atoms with Crippen LogP contribution in [-0.2, 0) is 0 Å². The molecule has 5 nitrogen and oxygen atoms in total. The van der Waals surface area contributed by atoms with E-state index in [0.717, 1.165) is 22.8 Å². The summed E-state index contributed by atoms with van der Waals surface area (Å²) in [6, 6.07) is 7.45. The number of nitrogens with zero attached hydrogens (tertiary/aromatic N) is 2. The number of aromatic nitrogens is 2. The summed E-state index contributed by atoms with van der Waals surface area (Å²) >= 11 is 0. The summed E-state index contributed by atoms with van der Waals surface area (Å²) in [6.07, 6.45) is 0. The zero-order valence-electron chi connectivity index (χ0n) is 10.9. The molecular weight excluding hydrogens is 242 g/mol.